The molecule has 0 rings (SSSR count). The van der Waals surface area contributed by atoms with E-state index in [2.05, 4.69) is 13.8 Å². The van der Waals surface area contributed by atoms with Crippen LogP contribution in [0, 0.1) is 0 Å². The van der Waals surface area contributed by atoms with Gasteiger partial charge in [-0.05, 0) is 12.8 Å². The molecule has 0 heterocycles. The predicted molar refractivity (Wildman–Crippen MR) is 193 cm³/mol. The molecule has 0 radical (unpaired) electrons. The molecule has 0 aliphatic heterocycles. The normalized spacial score (nSPS) is 11.6. The number of ether oxygens (including phenoxy) is 1. The van der Waals surface area contributed by atoms with Gasteiger partial charge in [0.15, 0.2) is 0 Å². The van der Waals surface area contributed by atoms with Crippen molar-refractivity contribution in [2.75, 3.05) is 13.2 Å². The number of hydrogen-bond donors (Lipinski definition) is 0. The molecule has 0 bridgehead atoms. The summed E-state index contributed by atoms with van der Waals surface area (Å²) in [5, 5.41) is 0. The average molecular weight is 593 g/mol. The van der Waals surface area contributed by atoms with Gasteiger partial charge in [-0.25, -0.2) is 0 Å². The molecular formula is C41H84O. The Hall–Kier alpha value is -0.0400. The van der Waals surface area contributed by atoms with Crippen LogP contribution in [0.1, 0.15) is 251 Å². The quantitative estimate of drug-likeness (QED) is 0.0645. The maximum Gasteiger partial charge on any atom is 0.0466 e. The van der Waals surface area contributed by atoms with Gasteiger partial charge in [0.1, 0.15) is 0 Å². The third-order valence-corrected chi connectivity index (χ3v) is 9.53. The van der Waals surface area contributed by atoms with Crippen molar-refractivity contribution in [2.24, 2.45) is 0 Å². The second-order valence-electron chi connectivity index (χ2n) is 14.0. The first-order valence-corrected chi connectivity index (χ1v) is 20.5. The Labute approximate surface area is 268 Å². The van der Waals surface area contributed by atoms with Gasteiger partial charge in [0.2, 0.25) is 0 Å². The van der Waals surface area contributed by atoms with E-state index in [0.29, 0.717) is 0 Å². The molecule has 0 unspecified atom stereocenters. The Kier molecular flexibility index (Phi) is 40.9. The predicted octanol–water partition coefficient (Wildman–Crippen LogP) is 15.5. The van der Waals surface area contributed by atoms with Gasteiger partial charge < -0.3 is 4.74 Å². The molecule has 0 aliphatic carbocycles. The van der Waals surface area contributed by atoms with Crippen LogP contribution in [0.5, 0.6) is 0 Å². The van der Waals surface area contributed by atoms with Crippen LogP contribution in [-0.4, -0.2) is 13.2 Å². The monoisotopic (exact) mass is 593 g/mol. The van der Waals surface area contributed by atoms with E-state index in [0.717, 1.165) is 13.2 Å². The van der Waals surface area contributed by atoms with Crippen LogP contribution in [-0.2, 0) is 4.74 Å². The van der Waals surface area contributed by atoms with Crippen molar-refractivity contribution in [1.82, 2.24) is 0 Å². The summed E-state index contributed by atoms with van der Waals surface area (Å²) in [5.41, 5.74) is 0. The van der Waals surface area contributed by atoms with E-state index in [1.807, 2.05) is 0 Å². The average Bonchev–Trinajstić information content (AvgIpc) is 3.00. The van der Waals surface area contributed by atoms with Gasteiger partial charge in [-0.15, -0.1) is 0 Å². The molecule has 1 nitrogen and oxygen atoms in total. The lowest BCUT2D eigenvalue weighted by molar-refractivity contribution is 0.125. The lowest BCUT2D eigenvalue weighted by Gasteiger charge is -2.05. The van der Waals surface area contributed by atoms with E-state index in [1.54, 1.807) is 0 Å². The first kappa shape index (κ1) is 42.0. The van der Waals surface area contributed by atoms with Crippen molar-refractivity contribution in [3.63, 3.8) is 0 Å². The summed E-state index contributed by atoms with van der Waals surface area (Å²) < 4.78 is 5.87. The minimum Gasteiger partial charge on any atom is -0.381 e. The molecule has 0 aromatic heterocycles. The van der Waals surface area contributed by atoms with E-state index in [9.17, 15) is 0 Å². The van der Waals surface area contributed by atoms with E-state index < -0.39 is 0 Å². The van der Waals surface area contributed by atoms with Gasteiger partial charge in [0.05, 0.1) is 0 Å². The molecule has 0 aromatic carbocycles. The molecule has 0 fully saturated rings. The van der Waals surface area contributed by atoms with Crippen LogP contribution in [0.4, 0.5) is 0 Å². The molecule has 0 N–H and O–H groups in total. The summed E-state index contributed by atoms with van der Waals surface area (Å²) in [6, 6.07) is 0. The molecule has 42 heavy (non-hydrogen) atoms. The molecule has 0 amide bonds. The smallest absolute Gasteiger partial charge is 0.0466 e. The van der Waals surface area contributed by atoms with Crippen LogP contribution in [0.15, 0.2) is 0 Å². The van der Waals surface area contributed by atoms with Gasteiger partial charge >= 0.3 is 0 Å². The van der Waals surface area contributed by atoms with Crippen LogP contribution < -0.4 is 0 Å². The Morgan fingerprint density at radius 1 is 0.190 bits per heavy atom. The highest BCUT2D eigenvalue weighted by atomic mass is 16.5. The zero-order chi connectivity index (χ0) is 30.3. The first-order valence-electron chi connectivity index (χ1n) is 20.5. The molecule has 0 aliphatic rings. The zero-order valence-electron chi connectivity index (χ0n) is 30.0. The maximum atomic E-state index is 5.87. The highest BCUT2D eigenvalue weighted by Gasteiger charge is 1.97. The Morgan fingerprint density at radius 3 is 0.500 bits per heavy atom. The summed E-state index contributed by atoms with van der Waals surface area (Å²) in [4.78, 5) is 0. The third kappa shape index (κ3) is 40.0. The minimum atomic E-state index is 0.996. The van der Waals surface area contributed by atoms with Crippen molar-refractivity contribution in [2.45, 2.75) is 251 Å². The summed E-state index contributed by atoms with van der Waals surface area (Å²) in [5.74, 6) is 0. The van der Waals surface area contributed by atoms with Gasteiger partial charge in [-0.1, -0.05) is 239 Å². The van der Waals surface area contributed by atoms with Crippen molar-refractivity contribution < 1.29 is 4.74 Å². The maximum absolute atomic E-state index is 5.87. The fraction of sp³-hybridized carbons (Fsp3) is 1.00. The van der Waals surface area contributed by atoms with Crippen LogP contribution in [0.2, 0.25) is 0 Å². The Bertz CT molecular complexity index is 393. The van der Waals surface area contributed by atoms with Gasteiger partial charge in [-0.2, -0.15) is 0 Å². The summed E-state index contributed by atoms with van der Waals surface area (Å²) in [7, 11) is 0. The largest absolute Gasteiger partial charge is 0.381 e. The summed E-state index contributed by atoms with van der Waals surface area (Å²) >= 11 is 0. The lowest BCUT2D eigenvalue weighted by Crippen LogP contribution is -1.97. The van der Waals surface area contributed by atoms with E-state index in [1.165, 1.54) is 238 Å². The van der Waals surface area contributed by atoms with Gasteiger partial charge in [0, 0.05) is 13.2 Å². The van der Waals surface area contributed by atoms with E-state index in [4.69, 9.17) is 4.74 Å². The molecule has 1 heteroatoms. The summed E-state index contributed by atoms with van der Waals surface area (Å²) in [6.07, 6.45) is 53.5. The molecule has 0 atom stereocenters. The van der Waals surface area contributed by atoms with Gasteiger partial charge in [-0.3, -0.25) is 0 Å². The first-order chi connectivity index (χ1) is 20.9. The fourth-order valence-electron chi connectivity index (χ4n) is 6.49. The van der Waals surface area contributed by atoms with E-state index >= 15 is 0 Å². The number of unbranched alkanes of at least 4 members (excludes halogenated alkanes) is 35. The molecule has 0 aromatic rings. The molecule has 0 spiro atoms. The fourth-order valence-corrected chi connectivity index (χ4v) is 6.49. The highest BCUT2D eigenvalue weighted by molar-refractivity contribution is 4.52. The van der Waals surface area contributed by atoms with Crippen LogP contribution >= 0.6 is 0 Å². The zero-order valence-corrected chi connectivity index (χ0v) is 30.0. The van der Waals surface area contributed by atoms with Crippen molar-refractivity contribution in [3.05, 3.63) is 0 Å². The molecular weight excluding hydrogens is 508 g/mol. The Morgan fingerprint density at radius 2 is 0.333 bits per heavy atom. The highest BCUT2D eigenvalue weighted by Crippen LogP contribution is 2.16. The number of hydrogen-bond acceptors (Lipinski definition) is 1. The number of rotatable bonds is 39. The van der Waals surface area contributed by atoms with Crippen molar-refractivity contribution >= 4 is 0 Å². The Balaban J connectivity index is 3.02. The third-order valence-electron chi connectivity index (χ3n) is 9.53. The second kappa shape index (κ2) is 41.0. The molecule has 0 saturated carbocycles. The van der Waals surface area contributed by atoms with Crippen molar-refractivity contribution in [1.29, 1.82) is 0 Å². The standard InChI is InChI=1S/C41H84O/c1-3-5-7-9-11-13-15-16-17-18-19-20-21-22-23-24-25-26-27-28-29-31-33-35-37-39-41-42-40-38-36-34-32-30-14-12-10-8-6-4-2/h3-41H2,1-2H3. The minimum absolute atomic E-state index is 0.996. The topological polar surface area (TPSA) is 9.23 Å². The molecule has 254 valence electrons. The van der Waals surface area contributed by atoms with E-state index in [-0.39, 0.29) is 0 Å². The van der Waals surface area contributed by atoms with Gasteiger partial charge in [0.25, 0.3) is 0 Å². The van der Waals surface area contributed by atoms with Crippen LogP contribution in [0.25, 0.3) is 0 Å². The SMILES string of the molecule is CCCCCCCCCCCCCCCCCCCCCCCCCCCCOCCCCCCCCCCCCC. The lowest BCUT2D eigenvalue weighted by atomic mass is 10.0. The summed E-state index contributed by atoms with van der Waals surface area (Å²) in [6.45, 7) is 6.60. The molecule has 0 saturated heterocycles. The van der Waals surface area contributed by atoms with Crippen LogP contribution in [0.3, 0.4) is 0 Å². The second-order valence-corrected chi connectivity index (χ2v) is 14.0. The van der Waals surface area contributed by atoms with Crippen molar-refractivity contribution in [3.8, 4) is 0 Å².